The average Bonchev–Trinajstić information content (AvgIpc) is 2.75. The minimum absolute atomic E-state index is 0.0807. The van der Waals surface area contributed by atoms with Crippen molar-refractivity contribution in [3.63, 3.8) is 0 Å². The van der Waals surface area contributed by atoms with E-state index in [4.69, 9.17) is 4.74 Å². The zero-order valence-electron chi connectivity index (χ0n) is 9.79. The van der Waals surface area contributed by atoms with Crippen molar-refractivity contribution in [2.45, 2.75) is 31.8 Å². The van der Waals surface area contributed by atoms with Crippen LogP contribution in [0.25, 0.3) is 0 Å². The SMILES string of the molecule is CNCCN(C)C(=O)COC1CCCC1. The van der Waals surface area contributed by atoms with Gasteiger partial charge in [0.05, 0.1) is 6.10 Å². The van der Waals surface area contributed by atoms with E-state index in [9.17, 15) is 4.79 Å². The van der Waals surface area contributed by atoms with Crippen LogP contribution in [0.15, 0.2) is 0 Å². The van der Waals surface area contributed by atoms with E-state index in [2.05, 4.69) is 5.32 Å². The molecule has 4 nitrogen and oxygen atoms in total. The Bertz CT molecular complexity index is 191. The predicted octanol–water partition coefficient (Wildman–Crippen LogP) is 0.623. The van der Waals surface area contributed by atoms with E-state index in [0.29, 0.717) is 6.10 Å². The van der Waals surface area contributed by atoms with Crippen molar-refractivity contribution in [3.8, 4) is 0 Å². The summed E-state index contributed by atoms with van der Waals surface area (Å²) < 4.78 is 5.55. The lowest BCUT2D eigenvalue weighted by Crippen LogP contribution is -2.35. The van der Waals surface area contributed by atoms with Crippen LogP contribution in [0.5, 0.6) is 0 Å². The number of ether oxygens (including phenoxy) is 1. The maximum atomic E-state index is 11.6. The number of hydrogen-bond acceptors (Lipinski definition) is 3. The van der Waals surface area contributed by atoms with Gasteiger partial charge in [0, 0.05) is 20.1 Å². The molecule has 0 aromatic carbocycles. The lowest BCUT2D eigenvalue weighted by atomic mass is 10.3. The first-order chi connectivity index (χ1) is 7.24. The quantitative estimate of drug-likeness (QED) is 0.705. The Labute approximate surface area is 92.0 Å². The Hall–Kier alpha value is -0.610. The molecule has 1 aliphatic rings. The van der Waals surface area contributed by atoms with Crippen LogP contribution < -0.4 is 5.32 Å². The molecule has 4 heteroatoms. The normalized spacial score (nSPS) is 16.9. The van der Waals surface area contributed by atoms with Crippen LogP contribution in [0.2, 0.25) is 0 Å². The molecule has 1 fully saturated rings. The number of nitrogens with zero attached hydrogens (tertiary/aromatic N) is 1. The summed E-state index contributed by atoms with van der Waals surface area (Å²) in [6.07, 6.45) is 5.05. The third-order valence-electron chi connectivity index (χ3n) is 2.87. The molecule has 1 saturated carbocycles. The first-order valence-corrected chi connectivity index (χ1v) is 5.74. The molecule has 0 heterocycles. The average molecular weight is 214 g/mol. The second-order valence-electron chi connectivity index (χ2n) is 4.14. The number of nitrogens with one attached hydrogen (secondary N) is 1. The number of amides is 1. The standard InChI is InChI=1S/C11H22N2O2/c1-12-7-8-13(2)11(14)9-15-10-5-3-4-6-10/h10,12H,3-9H2,1-2H3. The van der Waals surface area contributed by atoms with Gasteiger partial charge in [-0.2, -0.15) is 0 Å². The third kappa shape index (κ3) is 4.62. The summed E-state index contributed by atoms with van der Waals surface area (Å²) >= 11 is 0. The lowest BCUT2D eigenvalue weighted by Gasteiger charge is -2.18. The number of carbonyl (C=O) groups excluding carboxylic acids is 1. The zero-order chi connectivity index (χ0) is 11.1. The summed E-state index contributed by atoms with van der Waals surface area (Å²) in [5.41, 5.74) is 0. The van der Waals surface area contributed by atoms with E-state index in [0.717, 1.165) is 25.9 Å². The van der Waals surface area contributed by atoms with Crippen LogP contribution in [-0.2, 0) is 9.53 Å². The van der Waals surface area contributed by atoms with E-state index >= 15 is 0 Å². The maximum absolute atomic E-state index is 11.6. The van der Waals surface area contributed by atoms with Crippen molar-refractivity contribution >= 4 is 5.91 Å². The third-order valence-corrected chi connectivity index (χ3v) is 2.87. The van der Waals surface area contributed by atoms with Crippen molar-refractivity contribution in [1.29, 1.82) is 0 Å². The fraction of sp³-hybridized carbons (Fsp3) is 0.909. The monoisotopic (exact) mass is 214 g/mol. The summed E-state index contributed by atoms with van der Waals surface area (Å²) in [5.74, 6) is 0.0807. The van der Waals surface area contributed by atoms with Crippen LogP contribution in [0, 0.1) is 0 Å². The Kier molecular flexibility index (Phi) is 5.65. The van der Waals surface area contributed by atoms with Gasteiger partial charge >= 0.3 is 0 Å². The molecule has 1 amide bonds. The highest BCUT2D eigenvalue weighted by molar-refractivity contribution is 5.77. The molecule has 0 aromatic rings. The molecule has 0 unspecified atom stereocenters. The molecule has 0 bridgehead atoms. The highest BCUT2D eigenvalue weighted by Gasteiger charge is 2.17. The first kappa shape index (κ1) is 12.5. The number of hydrogen-bond donors (Lipinski definition) is 1. The van der Waals surface area contributed by atoms with Gasteiger partial charge in [-0.25, -0.2) is 0 Å². The summed E-state index contributed by atoms with van der Waals surface area (Å²) in [4.78, 5) is 13.3. The Morgan fingerprint density at radius 3 is 2.73 bits per heavy atom. The molecule has 0 atom stereocenters. The van der Waals surface area contributed by atoms with Crippen molar-refractivity contribution in [1.82, 2.24) is 10.2 Å². The van der Waals surface area contributed by atoms with Crippen molar-refractivity contribution < 1.29 is 9.53 Å². The van der Waals surface area contributed by atoms with E-state index in [1.54, 1.807) is 4.90 Å². The maximum Gasteiger partial charge on any atom is 0.248 e. The van der Waals surface area contributed by atoms with E-state index in [1.807, 2.05) is 14.1 Å². The molecule has 0 radical (unpaired) electrons. The fourth-order valence-electron chi connectivity index (χ4n) is 1.76. The molecule has 1 rings (SSSR count). The van der Waals surface area contributed by atoms with Gasteiger partial charge in [-0.15, -0.1) is 0 Å². The molecule has 88 valence electrons. The van der Waals surface area contributed by atoms with E-state index < -0.39 is 0 Å². The molecule has 1 aliphatic carbocycles. The molecule has 0 aliphatic heterocycles. The number of rotatable bonds is 6. The molecule has 0 aromatic heterocycles. The number of likely N-dealkylation sites (N-methyl/N-ethyl adjacent to an activating group) is 2. The van der Waals surface area contributed by atoms with Gasteiger partial charge in [-0.3, -0.25) is 4.79 Å². The van der Waals surface area contributed by atoms with Crippen LogP contribution >= 0.6 is 0 Å². The van der Waals surface area contributed by atoms with Gasteiger partial charge in [-0.05, 0) is 19.9 Å². The largest absolute Gasteiger partial charge is 0.368 e. The van der Waals surface area contributed by atoms with Crippen LogP contribution in [-0.4, -0.2) is 50.7 Å². The predicted molar refractivity (Wildman–Crippen MR) is 59.8 cm³/mol. The van der Waals surface area contributed by atoms with Crippen LogP contribution in [0.4, 0.5) is 0 Å². The Morgan fingerprint density at radius 2 is 2.13 bits per heavy atom. The zero-order valence-corrected chi connectivity index (χ0v) is 9.79. The van der Waals surface area contributed by atoms with Gasteiger partial charge in [0.25, 0.3) is 0 Å². The Morgan fingerprint density at radius 1 is 1.47 bits per heavy atom. The van der Waals surface area contributed by atoms with Crippen LogP contribution in [0.1, 0.15) is 25.7 Å². The number of carbonyl (C=O) groups is 1. The van der Waals surface area contributed by atoms with Gasteiger partial charge in [0.2, 0.25) is 5.91 Å². The summed E-state index contributed by atoms with van der Waals surface area (Å²) in [5, 5.41) is 3.02. The molecule has 15 heavy (non-hydrogen) atoms. The minimum Gasteiger partial charge on any atom is -0.368 e. The second-order valence-corrected chi connectivity index (χ2v) is 4.14. The van der Waals surface area contributed by atoms with E-state index in [1.165, 1.54) is 12.8 Å². The Balaban J connectivity index is 2.11. The lowest BCUT2D eigenvalue weighted by molar-refractivity contribution is -0.136. The van der Waals surface area contributed by atoms with Crippen molar-refractivity contribution in [2.24, 2.45) is 0 Å². The van der Waals surface area contributed by atoms with Gasteiger partial charge in [0.15, 0.2) is 0 Å². The summed E-state index contributed by atoms with van der Waals surface area (Å²) in [6.45, 7) is 1.81. The topological polar surface area (TPSA) is 41.6 Å². The van der Waals surface area contributed by atoms with Gasteiger partial charge < -0.3 is 15.0 Å². The summed E-state index contributed by atoms with van der Waals surface area (Å²) in [7, 11) is 3.70. The first-order valence-electron chi connectivity index (χ1n) is 5.74. The minimum atomic E-state index is 0.0807. The van der Waals surface area contributed by atoms with Crippen molar-refractivity contribution in [2.75, 3.05) is 33.8 Å². The van der Waals surface area contributed by atoms with Crippen LogP contribution in [0.3, 0.4) is 0 Å². The molecule has 1 N–H and O–H groups in total. The highest BCUT2D eigenvalue weighted by Crippen LogP contribution is 2.20. The van der Waals surface area contributed by atoms with Gasteiger partial charge in [0.1, 0.15) is 6.61 Å². The molecule has 0 spiro atoms. The second kappa shape index (κ2) is 6.80. The van der Waals surface area contributed by atoms with E-state index in [-0.39, 0.29) is 12.5 Å². The van der Waals surface area contributed by atoms with Gasteiger partial charge in [-0.1, -0.05) is 12.8 Å². The molecular formula is C11H22N2O2. The highest BCUT2D eigenvalue weighted by atomic mass is 16.5. The molecular weight excluding hydrogens is 192 g/mol. The molecule has 0 saturated heterocycles. The fourth-order valence-corrected chi connectivity index (χ4v) is 1.76. The summed E-state index contributed by atoms with van der Waals surface area (Å²) in [6, 6.07) is 0. The van der Waals surface area contributed by atoms with Crippen molar-refractivity contribution in [3.05, 3.63) is 0 Å². The smallest absolute Gasteiger partial charge is 0.248 e.